The van der Waals surface area contributed by atoms with Crippen molar-refractivity contribution in [1.82, 2.24) is 9.80 Å². The van der Waals surface area contributed by atoms with Gasteiger partial charge in [-0.15, -0.1) is 0 Å². The average molecular weight is 439 g/mol. The number of nitrogens with two attached hydrogens (primary N) is 2. The lowest BCUT2D eigenvalue weighted by molar-refractivity contribution is -0.160. The molecule has 1 aliphatic rings. The molecule has 7 heteroatoms. The van der Waals surface area contributed by atoms with E-state index in [2.05, 4.69) is 13.8 Å². The van der Waals surface area contributed by atoms with Crippen LogP contribution in [-0.4, -0.2) is 53.8 Å². The molecule has 4 N–H and O–H groups in total. The van der Waals surface area contributed by atoms with Crippen molar-refractivity contribution in [3.05, 3.63) is 0 Å². The summed E-state index contributed by atoms with van der Waals surface area (Å²) in [6.07, 6.45) is 11.9. The van der Waals surface area contributed by atoms with Crippen LogP contribution >= 0.6 is 0 Å². The second-order valence-electron chi connectivity index (χ2n) is 8.89. The Bertz CT molecular complexity index is 507. The summed E-state index contributed by atoms with van der Waals surface area (Å²) >= 11 is 0. The van der Waals surface area contributed by atoms with Gasteiger partial charge in [0.15, 0.2) is 0 Å². The molecule has 31 heavy (non-hydrogen) atoms. The number of rotatable bonds is 18. The maximum atomic E-state index is 13.7. The summed E-state index contributed by atoms with van der Waals surface area (Å²) in [6, 6.07) is -0.457. The first-order chi connectivity index (χ1) is 15.0. The third kappa shape index (κ3) is 7.86. The van der Waals surface area contributed by atoms with Gasteiger partial charge in [0.05, 0.1) is 0 Å². The Labute approximate surface area is 189 Å². The molecule has 0 saturated carbocycles. The van der Waals surface area contributed by atoms with Crippen molar-refractivity contribution < 1.29 is 14.4 Å². The van der Waals surface area contributed by atoms with E-state index in [1.807, 2.05) is 0 Å². The van der Waals surface area contributed by atoms with Crippen molar-refractivity contribution >= 4 is 17.8 Å². The smallest absolute Gasteiger partial charge is 0.330 e. The summed E-state index contributed by atoms with van der Waals surface area (Å²) < 4.78 is 0. The fourth-order valence-electron chi connectivity index (χ4n) is 4.41. The zero-order chi connectivity index (χ0) is 23.1. The Morgan fingerprint density at radius 2 is 1.03 bits per heavy atom. The number of carbonyl (C=O) groups is 3. The van der Waals surface area contributed by atoms with E-state index in [4.69, 9.17) is 11.5 Å². The first-order valence-electron chi connectivity index (χ1n) is 12.6. The van der Waals surface area contributed by atoms with Crippen LogP contribution in [0.3, 0.4) is 0 Å². The minimum absolute atomic E-state index is 0.275. The Hall–Kier alpha value is -1.47. The van der Waals surface area contributed by atoms with Gasteiger partial charge in [0.2, 0.25) is 11.8 Å². The van der Waals surface area contributed by atoms with E-state index in [1.165, 1.54) is 9.80 Å². The Kier molecular flexibility index (Phi) is 13.7. The summed E-state index contributed by atoms with van der Waals surface area (Å²) in [5, 5.41) is 0. The van der Waals surface area contributed by atoms with Gasteiger partial charge < -0.3 is 11.5 Å². The minimum Gasteiger partial charge on any atom is -0.330 e. The number of barbiturate groups is 1. The molecule has 1 heterocycles. The number of imide groups is 2. The predicted octanol–water partition coefficient (Wildman–Crippen LogP) is 4.18. The monoisotopic (exact) mass is 438 g/mol. The molecule has 4 amide bonds. The van der Waals surface area contributed by atoms with Crippen LogP contribution in [-0.2, 0) is 9.59 Å². The van der Waals surface area contributed by atoms with Crippen LogP contribution in [0, 0.1) is 5.41 Å². The molecule has 1 aliphatic heterocycles. The lowest BCUT2D eigenvalue weighted by Crippen LogP contribution is -2.65. The fourth-order valence-corrected chi connectivity index (χ4v) is 4.41. The van der Waals surface area contributed by atoms with E-state index >= 15 is 0 Å². The van der Waals surface area contributed by atoms with Gasteiger partial charge in [0, 0.05) is 13.1 Å². The highest BCUT2D eigenvalue weighted by atomic mass is 16.2. The third-order valence-corrected chi connectivity index (χ3v) is 6.36. The number of nitrogens with zero attached hydrogens (tertiary/aromatic N) is 2. The molecule has 0 aromatic carbocycles. The Balaban J connectivity index is 3.17. The highest BCUT2D eigenvalue weighted by Crippen LogP contribution is 2.40. The van der Waals surface area contributed by atoms with Crippen molar-refractivity contribution in [2.45, 2.75) is 104 Å². The third-order valence-electron chi connectivity index (χ3n) is 6.36. The van der Waals surface area contributed by atoms with Gasteiger partial charge in [-0.2, -0.15) is 0 Å². The zero-order valence-corrected chi connectivity index (χ0v) is 20.0. The van der Waals surface area contributed by atoms with Crippen molar-refractivity contribution in [3.8, 4) is 0 Å². The van der Waals surface area contributed by atoms with E-state index in [-0.39, 0.29) is 11.8 Å². The molecule has 1 saturated heterocycles. The summed E-state index contributed by atoms with van der Waals surface area (Å²) in [4.78, 5) is 43.2. The number of unbranched alkanes of at least 4 members (excludes halogenated alkanes) is 8. The van der Waals surface area contributed by atoms with E-state index in [0.29, 0.717) is 51.9 Å². The Morgan fingerprint density at radius 1 is 0.613 bits per heavy atom. The maximum Gasteiger partial charge on any atom is 0.333 e. The largest absolute Gasteiger partial charge is 0.333 e. The van der Waals surface area contributed by atoms with Gasteiger partial charge in [0.25, 0.3) is 0 Å². The van der Waals surface area contributed by atoms with Gasteiger partial charge >= 0.3 is 6.03 Å². The first-order valence-corrected chi connectivity index (χ1v) is 12.6. The minimum atomic E-state index is -1.10. The van der Waals surface area contributed by atoms with E-state index in [0.717, 1.165) is 64.2 Å². The van der Waals surface area contributed by atoms with E-state index < -0.39 is 11.4 Å². The fraction of sp³-hybridized carbons (Fsp3) is 0.875. The zero-order valence-electron chi connectivity index (χ0n) is 20.0. The van der Waals surface area contributed by atoms with Crippen molar-refractivity contribution in [3.63, 3.8) is 0 Å². The van der Waals surface area contributed by atoms with Gasteiger partial charge in [-0.3, -0.25) is 19.4 Å². The molecule has 0 aliphatic carbocycles. The average Bonchev–Trinajstić information content (AvgIpc) is 2.77. The van der Waals surface area contributed by atoms with Crippen LogP contribution in [0.5, 0.6) is 0 Å². The van der Waals surface area contributed by atoms with Crippen LogP contribution in [0.4, 0.5) is 4.79 Å². The van der Waals surface area contributed by atoms with E-state index in [9.17, 15) is 14.4 Å². The van der Waals surface area contributed by atoms with Crippen LogP contribution in [0.15, 0.2) is 0 Å². The molecule has 7 nitrogen and oxygen atoms in total. The molecule has 0 spiro atoms. The molecule has 180 valence electrons. The molecule has 0 unspecified atom stereocenters. The quantitative estimate of drug-likeness (QED) is 0.246. The van der Waals surface area contributed by atoms with Crippen molar-refractivity contribution in [2.75, 3.05) is 26.2 Å². The SMILES string of the molecule is CCCCCCC1(CCCCCC)C(=O)N(CCCCN)C(=O)N(CCCCN)C1=O. The summed E-state index contributed by atoms with van der Waals surface area (Å²) in [7, 11) is 0. The molecule has 0 bridgehead atoms. The van der Waals surface area contributed by atoms with Gasteiger partial charge in [-0.25, -0.2) is 4.79 Å². The highest BCUT2D eigenvalue weighted by molar-refractivity contribution is 6.19. The summed E-state index contributed by atoms with van der Waals surface area (Å²) in [6.45, 7) is 6.01. The second-order valence-corrected chi connectivity index (χ2v) is 8.89. The normalized spacial score (nSPS) is 16.5. The second kappa shape index (κ2) is 15.4. The molecule has 0 aromatic heterocycles. The van der Waals surface area contributed by atoms with Gasteiger partial charge in [-0.05, 0) is 51.6 Å². The molecule has 0 atom stereocenters. The maximum absolute atomic E-state index is 13.7. The lowest BCUT2D eigenvalue weighted by atomic mass is 9.74. The van der Waals surface area contributed by atoms with Gasteiger partial charge in [-0.1, -0.05) is 65.2 Å². The van der Waals surface area contributed by atoms with Crippen molar-refractivity contribution in [1.29, 1.82) is 0 Å². The molecular weight excluding hydrogens is 392 g/mol. The molecular formula is C24H46N4O3. The molecule has 0 aromatic rings. The number of amides is 4. The summed E-state index contributed by atoms with van der Waals surface area (Å²) in [5.74, 6) is -0.551. The first kappa shape index (κ1) is 27.6. The van der Waals surface area contributed by atoms with Crippen LogP contribution in [0.25, 0.3) is 0 Å². The molecule has 1 rings (SSSR count). The Morgan fingerprint density at radius 3 is 1.39 bits per heavy atom. The topological polar surface area (TPSA) is 110 Å². The number of urea groups is 1. The van der Waals surface area contributed by atoms with E-state index in [1.54, 1.807) is 0 Å². The lowest BCUT2D eigenvalue weighted by Gasteiger charge is -2.44. The number of carbonyl (C=O) groups excluding carboxylic acids is 3. The highest BCUT2D eigenvalue weighted by Gasteiger charge is 2.55. The predicted molar refractivity (Wildman–Crippen MR) is 125 cm³/mol. The van der Waals surface area contributed by atoms with Crippen LogP contribution in [0.2, 0.25) is 0 Å². The van der Waals surface area contributed by atoms with Crippen LogP contribution < -0.4 is 11.5 Å². The summed E-state index contributed by atoms with van der Waals surface area (Å²) in [5.41, 5.74) is 10.1. The standard InChI is InChI=1S/C24H46N4O3/c1-3-5-7-9-15-24(16-10-8-6-4-2)21(29)27(19-13-11-17-25)23(31)28(22(24)30)20-14-12-18-26/h3-20,25-26H2,1-2H3. The number of hydrogen-bond acceptors (Lipinski definition) is 5. The van der Waals surface area contributed by atoms with Crippen molar-refractivity contribution in [2.24, 2.45) is 16.9 Å². The number of hydrogen-bond donors (Lipinski definition) is 2. The van der Waals surface area contributed by atoms with Crippen LogP contribution in [0.1, 0.15) is 104 Å². The van der Waals surface area contributed by atoms with Gasteiger partial charge in [0.1, 0.15) is 5.41 Å². The molecule has 1 fully saturated rings. The molecule has 0 radical (unpaired) electrons.